The van der Waals surface area contributed by atoms with Crippen LogP contribution in [0.2, 0.25) is 10.0 Å². The number of nitrogens with one attached hydrogen (secondary N) is 1. The predicted molar refractivity (Wildman–Crippen MR) is 164 cm³/mol. The molecule has 40 heavy (non-hydrogen) atoms. The monoisotopic (exact) mass is 667 g/mol. The average molecular weight is 669 g/mol. The summed E-state index contributed by atoms with van der Waals surface area (Å²) in [4.78, 5) is 28.7. The highest BCUT2D eigenvalue weighted by atomic mass is 79.9. The van der Waals surface area contributed by atoms with E-state index in [1.54, 1.807) is 61.5 Å². The van der Waals surface area contributed by atoms with Crippen LogP contribution in [-0.2, 0) is 26.2 Å². The van der Waals surface area contributed by atoms with Crippen molar-refractivity contribution in [3.8, 4) is 0 Å². The number of rotatable bonds is 11. The zero-order valence-electron chi connectivity index (χ0n) is 22.7. The number of carbonyl (C=O) groups excluding carboxylic acids is 2. The first-order chi connectivity index (χ1) is 18.8. The maximum Gasteiger partial charge on any atom is 0.264 e. The summed E-state index contributed by atoms with van der Waals surface area (Å²) in [6.45, 7) is 6.65. The molecule has 3 aromatic carbocycles. The second-order valence-corrected chi connectivity index (χ2v) is 13.2. The molecule has 0 saturated carbocycles. The van der Waals surface area contributed by atoms with Gasteiger partial charge in [-0.1, -0.05) is 75.9 Å². The van der Waals surface area contributed by atoms with Crippen LogP contribution in [0.25, 0.3) is 0 Å². The van der Waals surface area contributed by atoms with Crippen molar-refractivity contribution in [3.63, 3.8) is 0 Å². The van der Waals surface area contributed by atoms with Gasteiger partial charge >= 0.3 is 0 Å². The molecule has 0 aromatic heterocycles. The molecule has 214 valence electrons. The molecule has 0 unspecified atom stereocenters. The van der Waals surface area contributed by atoms with Gasteiger partial charge in [-0.15, -0.1) is 0 Å². The molecule has 0 aliphatic heterocycles. The summed E-state index contributed by atoms with van der Waals surface area (Å²) >= 11 is 16.3. The highest BCUT2D eigenvalue weighted by molar-refractivity contribution is 9.10. The van der Waals surface area contributed by atoms with Gasteiger partial charge < -0.3 is 10.2 Å². The lowest BCUT2D eigenvalue weighted by Crippen LogP contribution is -2.53. The molecule has 0 aliphatic carbocycles. The second kappa shape index (κ2) is 13.9. The van der Waals surface area contributed by atoms with Crippen molar-refractivity contribution >= 4 is 66.7 Å². The van der Waals surface area contributed by atoms with Gasteiger partial charge in [0.15, 0.2) is 0 Å². The van der Waals surface area contributed by atoms with Crippen molar-refractivity contribution in [2.45, 2.75) is 57.6 Å². The van der Waals surface area contributed by atoms with Crippen molar-refractivity contribution in [2.24, 2.45) is 0 Å². The summed E-state index contributed by atoms with van der Waals surface area (Å²) in [6, 6.07) is 17.0. The minimum atomic E-state index is -4.16. The van der Waals surface area contributed by atoms with Crippen LogP contribution in [-0.4, -0.2) is 43.8 Å². The molecule has 1 atom stereocenters. The maximum atomic E-state index is 14.1. The molecule has 0 heterocycles. The molecule has 1 N–H and O–H groups in total. The number of benzene rings is 3. The Morgan fingerprint density at radius 2 is 1.57 bits per heavy atom. The lowest BCUT2D eigenvalue weighted by atomic mass is 10.1. The minimum absolute atomic E-state index is 0.0381. The fraction of sp³-hybridized carbons (Fsp3) is 0.310. The van der Waals surface area contributed by atoms with Crippen molar-refractivity contribution in [3.05, 3.63) is 92.4 Å². The first-order valence-corrected chi connectivity index (χ1v) is 15.7. The maximum absolute atomic E-state index is 14.1. The summed E-state index contributed by atoms with van der Waals surface area (Å²) in [7, 11) is -4.16. The molecule has 0 fully saturated rings. The van der Waals surface area contributed by atoms with Gasteiger partial charge in [0, 0.05) is 32.7 Å². The predicted octanol–water partition coefficient (Wildman–Crippen LogP) is 6.59. The van der Waals surface area contributed by atoms with Gasteiger partial charge in [0.2, 0.25) is 11.8 Å². The van der Waals surface area contributed by atoms with Gasteiger partial charge in [0.25, 0.3) is 10.0 Å². The number of amides is 2. The SMILES string of the molecule is CC[C@@H](C(=O)NC(C)C)N(Cc1c(Cl)cccc1Cl)C(=O)CN(c1cccc(Br)c1)S(=O)(=O)c1ccc(C)cc1. The van der Waals surface area contributed by atoms with Gasteiger partial charge in [0.1, 0.15) is 12.6 Å². The van der Waals surface area contributed by atoms with E-state index >= 15 is 0 Å². The summed E-state index contributed by atoms with van der Waals surface area (Å²) in [6.07, 6.45) is 0.286. The van der Waals surface area contributed by atoms with E-state index in [0.29, 0.717) is 25.8 Å². The topological polar surface area (TPSA) is 86.8 Å². The molecule has 0 saturated heterocycles. The number of sulfonamides is 1. The first-order valence-electron chi connectivity index (χ1n) is 12.7. The molecule has 3 rings (SSSR count). The summed E-state index contributed by atoms with van der Waals surface area (Å²) in [5, 5.41) is 3.53. The van der Waals surface area contributed by atoms with Crippen molar-refractivity contribution in [1.82, 2.24) is 10.2 Å². The third kappa shape index (κ3) is 7.78. The molecule has 0 aliphatic rings. The van der Waals surface area contributed by atoms with E-state index in [-0.39, 0.29) is 29.8 Å². The van der Waals surface area contributed by atoms with Gasteiger partial charge in [-0.25, -0.2) is 8.42 Å². The van der Waals surface area contributed by atoms with E-state index in [1.165, 1.54) is 17.0 Å². The Bertz CT molecular complexity index is 1450. The number of anilines is 1. The van der Waals surface area contributed by atoms with Crippen LogP contribution < -0.4 is 9.62 Å². The van der Waals surface area contributed by atoms with Crippen molar-refractivity contribution < 1.29 is 18.0 Å². The van der Waals surface area contributed by atoms with Crippen LogP contribution >= 0.6 is 39.1 Å². The molecular weight excluding hydrogens is 637 g/mol. The smallest absolute Gasteiger partial charge is 0.264 e. The average Bonchev–Trinajstić information content (AvgIpc) is 2.88. The Balaban J connectivity index is 2.11. The zero-order valence-corrected chi connectivity index (χ0v) is 26.6. The molecule has 2 amide bonds. The third-order valence-electron chi connectivity index (χ3n) is 6.19. The van der Waals surface area contributed by atoms with E-state index in [1.807, 2.05) is 20.8 Å². The van der Waals surface area contributed by atoms with Crippen molar-refractivity contribution in [2.75, 3.05) is 10.8 Å². The van der Waals surface area contributed by atoms with Crippen LogP contribution in [0.15, 0.2) is 76.1 Å². The molecular formula is C29H32BrCl2N3O4S. The Morgan fingerprint density at radius 1 is 0.975 bits per heavy atom. The second-order valence-electron chi connectivity index (χ2n) is 9.61. The highest BCUT2D eigenvalue weighted by Crippen LogP contribution is 2.29. The Labute approximate surface area is 254 Å². The Kier molecular flexibility index (Phi) is 11.1. The van der Waals surface area contributed by atoms with Crippen LogP contribution in [0.5, 0.6) is 0 Å². The minimum Gasteiger partial charge on any atom is -0.352 e. The van der Waals surface area contributed by atoms with E-state index in [2.05, 4.69) is 21.2 Å². The fourth-order valence-corrected chi connectivity index (χ4v) is 6.46. The number of nitrogens with zero attached hydrogens (tertiary/aromatic N) is 2. The summed E-state index contributed by atoms with van der Waals surface area (Å²) < 4.78 is 29.5. The van der Waals surface area contributed by atoms with E-state index in [4.69, 9.17) is 23.2 Å². The number of halogens is 3. The number of aryl methyl sites for hydroxylation is 1. The Morgan fingerprint density at radius 3 is 2.12 bits per heavy atom. The lowest BCUT2D eigenvalue weighted by molar-refractivity contribution is -0.140. The fourth-order valence-electron chi connectivity index (χ4n) is 4.15. The quantitative estimate of drug-likeness (QED) is 0.250. The van der Waals surface area contributed by atoms with Gasteiger partial charge in [-0.2, -0.15) is 0 Å². The summed E-state index contributed by atoms with van der Waals surface area (Å²) in [5.74, 6) is -0.943. The Hall–Kier alpha value is -2.59. The molecule has 0 radical (unpaired) electrons. The largest absolute Gasteiger partial charge is 0.352 e. The van der Waals surface area contributed by atoms with Crippen LogP contribution in [0.1, 0.15) is 38.3 Å². The molecule has 0 spiro atoms. The zero-order chi connectivity index (χ0) is 29.6. The number of hydrogen-bond donors (Lipinski definition) is 1. The highest BCUT2D eigenvalue weighted by Gasteiger charge is 2.34. The van der Waals surface area contributed by atoms with Crippen molar-refractivity contribution in [1.29, 1.82) is 0 Å². The van der Waals surface area contributed by atoms with E-state index in [9.17, 15) is 18.0 Å². The van der Waals surface area contributed by atoms with Gasteiger partial charge in [-0.3, -0.25) is 13.9 Å². The normalized spacial score (nSPS) is 12.2. The lowest BCUT2D eigenvalue weighted by Gasteiger charge is -2.34. The number of carbonyl (C=O) groups is 2. The standard InChI is InChI=1S/C29H32BrCl2N3O4S/c1-5-27(29(37)33-19(2)3)34(17-24-25(31)10-7-11-26(24)32)28(36)18-35(22-9-6-8-21(30)16-22)40(38,39)23-14-12-20(4)13-15-23/h6-16,19,27H,5,17-18H2,1-4H3,(H,33,37)/t27-/m0/s1. The van der Waals surface area contributed by atoms with Crippen LogP contribution in [0.4, 0.5) is 5.69 Å². The third-order valence-corrected chi connectivity index (χ3v) is 9.18. The van der Waals surface area contributed by atoms with Crippen LogP contribution in [0, 0.1) is 6.92 Å². The molecule has 3 aromatic rings. The molecule has 7 nitrogen and oxygen atoms in total. The summed E-state index contributed by atoms with van der Waals surface area (Å²) in [5.41, 5.74) is 1.65. The van der Waals surface area contributed by atoms with Gasteiger partial charge in [0.05, 0.1) is 10.6 Å². The molecule has 11 heteroatoms. The molecule has 0 bridgehead atoms. The van der Waals surface area contributed by atoms with E-state index < -0.39 is 28.5 Å². The first kappa shape index (κ1) is 31.9. The number of hydrogen-bond acceptors (Lipinski definition) is 4. The van der Waals surface area contributed by atoms with Crippen LogP contribution in [0.3, 0.4) is 0 Å². The van der Waals surface area contributed by atoms with E-state index in [0.717, 1.165) is 9.87 Å². The van der Waals surface area contributed by atoms with Gasteiger partial charge in [-0.05, 0) is 69.7 Å².